The molecule has 0 aromatic heterocycles. The molecule has 5 nitrogen and oxygen atoms in total. The molecule has 20 heavy (non-hydrogen) atoms. The van der Waals surface area contributed by atoms with Gasteiger partial charge in [-0.05, 0) is 32.0 Å². The zero-order valence-corrected chi connectivity index (χ0v) is 12.3. The summed E-state index contributed by atoms with van der Waals surface area (Å²) in [5, 5.41) is 9.19. The summed E-state index contributed by atoms with van der Waals surface area (Å²) in [7, 11) is 0. The molecule has 0 aliphatic carbocycles. The van der Waals surface area contributed by atoms with E-state index in [4.69, 9.17) is 21.4 Å². The molecular weight excluding hydrogens is 282 g/mol. The minimum Gasteiger partial charge on any atom is -0.481 e. The van der Waals surface area contributed by atoms with Crippen molar-refractivity contribution in [2.45, 2.75) is 26.4 Å². The molecule has 1 unspecified atom stereocenters. The van der Waals surface area contributed by atoms with Crippen LogP contribution in [0, 0.1) is 0 Å². The molecule has 1 rings (SSSR count). The van der Waals surface area contributed by atoms with Crippen molar-refractivity contribution in [2.24, 2.45) is 0 Å². The zero-order chi connectivity index (χ0) is 15.1. The molecule has 0 aliphatic heterocycles. The molecule has 1 aromatic carbocycles. The first kappa shape index (κ1) is 16.3. The highest BCUT2D eigenvalue weighted by Gasteiger charge is 2.21. The van der Waals surface area contributed by atoms with Crippen molar-refractivity contribution in [3.05, 3.63) is 29.3 Å². The Hall–Kier alpha value is -1.75. The minimum atomic E-state index is -0.931. The molecule has 1 aromatic rings. The van der Waals surface area contributed by atoms with Crippen molar-refractivity contribution in [2.75, 3.05) is 13.1 Å². The molecule has 6 heteroatoms. The van der Waals surface area contributed by atoms with Gasteiger partial charge in [-0.15, -0.1) is 0 Å². The molecule has 1 N–H and O–H groups in total. The number of carbonyl (C=O) groups is 2. The van der Waals surface area contributed by atoms with Gasteiger partial charge in [-0.3, -0.25) is 9.59 Å². The third kappa shape index (κ3) is 5.09. The Bertz CT molecular complexity index is 478. The maximum absolute atomic E-state index is 12.2. The van der Waals surface area contributed by atoms with E-state index < -0.39 is 12.1 Å². The van der Waals surface area contributed by atoms with E-state index in [9.17, 15) is 9.59 Å². The fourth-order valence-corrected chi connectivity index (χ4v) is 1.89. The monoisotopic (exact) mass is 299 g/mol. The summed E-state index contributed by atoms with van der Waals surface area (Å²) in [6, 6.07) is 6.78. The van der Waals surface area contributed by atoms with Gasteiger partial charge in [-0.2, -0.15) is 0 Å². The molecular formula is C14H18ClNO4. The molecule has 110 valence electrons. The molecule has 0 heterocycles. The van der Waals surface area contributed by atoms with Gasteiger partial charge in [0.05, 0.1) is 6.42 Å². The van der Waals surface area contributed by atoms with E-state index >= 15 is 0 Å². The Morgan fingerprint density at radius 2 is 2.15 bits per heavy atom. The largest absolute Gasteiger partial charge is 0.481 e. The van der Waals surface area contributed by atoms with E-state index in [2.05, 4.69) is 0 Å². The molecule has 0 spiro atoms. The first-order chi connectivity index (χ1) is 9.43. The molecule has 0 aliphatic rings. The number of benzene rings is 1. The molecule has 1 amide bonds. The van der Waals surface area contributed by atoms with Gasteiger partial charge in [0.15, 0.2) is 6.10 Å². The van der Waals surface area contributed by atoms with Crippen LogP contribution in [0.3, 0.4) is 0 Å². The number of hydrogen-bond acceptors (Lipinski definition) is 3. The van der Waals surface area contributed by atoms with E-state index in [1.165, 1.54) is 4.90 Å². The number of nitrogens with zero attached hydrogens (tertiary/aromatic N) is 1. The fraction of sp³-hybridized carbons (Fsp3) is 0.429. The first-order valence-corrected chi connectivity index (χ1v) is 6.74. The summed E-state index contributed by atoms with van der Waals surface area (Å²) in [5.41, 5.74) is 0. The average molecular weight is 300 g/mol. The fourth-order valence-electron chi connectivity index (χ4n) is 1.71. The second-order valence-corrected chi connectivity index (χ2v) is 4.72. The normalized spacial score (nSPS) is 11.8. The summed E-state index contributed by atoms with van der Waals surface area (Å²) in [6.45, 7) is 4.04. The number of aliphatic carboxylic acids is 1. The Labute approximate surface area is 123 Å². The van der Waals surface area contributed by atoms with Crippen LogP contribution in [-0.2, 0) is 9.59 Å². The van der Waals surface area contributed by atoms with Crippen LogP contribution in [0.2, 0.25) is 5.02 Å². The van der Waals surface area contributed by atoms with Crippen LogP contribution < -0.4 is 4.74 Å². The van der Waals surface area contributed by atoms with Gasteiger partial charge < -0.3 is 14.7 Å². The topological polar surface area (TPSA) is 66.8 Å². The van der Waals surface area contributed by atoms with E-state index in [0.717, 1.165) is 0 Å². The number of halogens is 1. The van der Waals surface area contributed by atoms with Crippen molar-refractivity contribution in [1.29, 1.82) is 0 Å². The van der Waals surface area contributed by atoms with Crippen molar-refractivity contribution in [1.82, 2.24) is 4.90 Å². The highest BCUT2D eigenvalue weighted by molar-refractivity contribution is 6.30. The average Bonchev–Trinajstić information content (AvgIpc) is 2.38. The lowest BCUT2D eigenvalue weighted by molar-refractivity contribution is -0.140. The highest BCUT2D eigenvalue weighted by Crippen LogP contribution is 2.18. The Morgan fingerprint density at radius 1 is 1.45 bits per heavy atom. The number of carbonyl (C=O) groups excluding carboxylic acids is 1. The quantitative estimate of drug-likeness (QED) is 0.839. The standard InChI is InChI=1S/C14H18ClNO4/c1-3-16(8-7-13(17)18)14(19)10(2)20-12-6-4-5-11(15)9-12/h4-6,9-10H,3,7-8H2,1-2H3,(H,17,18). The first-order valence-electron chi connectivity index (χ1n) is 6.36. The molecule has 0 radical (unpaired) electrons. The molecule has 1 atom stereocenters. The number of rotatable bonds is 7. The van der Waals surface area contributed by atoms with E-state index in [1.807, 2.05) is 0 Å². The van der Waals surface area contributed by atoms with Crippen molar-refractivity contribution >= 4 is 23.5 Å². The molecule has 0 bridgehead atoms. The zero-order valence-electron chi connectivity index (χ0n) is 11.5. The maximum Gasteiger partial charge on any atom is 0.305 e. The van der Waals surface area contributed by atoms with Gasteiger partial charge in [0.25, 0.3) is 5.91 Å². The Balaban J connectivity index is 2.62. The number of amides is 1. The number of likely N-dealkylation sites (N-methyl/N-ethyl adjacent to an activating group) is 1. The summed E-state index contributed by atoms with van der Waals surface area (Å²) >= 11 is 5.84. The van der Waals surface area contributed by atoms with Crippen LogP contribution in [0.15, 0.2) is 24.3 Å². The number of carboxylic acids is 1. The third-order valence-corrected chi connectivity index (χ3v) is 2.98. The summed E-state index contributed by atoms with van der Waals surface area (Å²) in [6.07, 6.45) is -0.772. The van der Waals surface area contributed by atoms with Crippen LogP contribution in [0.1, 0.15) is 20.3 Å². The van der Waals surface area contributed by atoms with Gasteiger partial charge in [0, 0.05) is 18.1 Å². The van der Waals surface area contributed by atoms with Crippen LogP contribution in [0.5, 0.6) is 5.75 Å². The van der Waals surface area contributed by atoms with Crippen LogP contribution in [-0.4, -0.2) is 41.1 Å². The summed E-state index contributed by atoms with van der Waals surface area (Å²) in [4.78, 5) is 24.2. The molecule has 0 fully saturated rings. The van der Waals surface area contributed by atoms with Crippen molar-refractivity contribution in [3.8, 4) is 5.75 Å². The van der Waals surface area contributed by atoms with Gasteiger partial charge >= 0.3 is 5.97 Å². The van der Waals surface area contributed by atoms with Crippen molar-refractivity contribution < 1.29 is 19.4 Å². The Kier molecular flexibility index (Phi) is 6.31. The van der Waals surface area contributed by atoms with Crippen LogP contribution >= 0.6 is 11.6 Å². The lowest BCUT2D eigenvalue weighted by atomic mass is 10.3. The van der Waals surface area contributed by atoms with Crippen LogP contribution in [0.4, 0.5) is 0 Å². The highest BCUT2D eigenvalue weighted by atomic mass is 35.5. The smallest absolute Gasteiger partial charge is 0.305 e. The molecule has 0 saturated heterocycles. The summed E-state index contributed by atoms with van der Waals surface area (Å²) < 4.78 is 5.52. The lowest BCUT2D eigenvalue weighted by Crippen LogP contribution is -2.41. The van der Waals surface area contributed by atoms with Gasteiger partial charge in [0.1, 0.15) is 5.75 Å². The third-order valence-electron chi connectivity index (χ3n) is 2.75. The minimum absolute atomic E-state index is 0.0799. The Morgan fingerprint density at radius 3 is 2.70 bits per heavy atom. The van der Waals surface area contributed by atoms with E-state index in [1.54, 1.807) is 38.1 Å². The predicted molar refractivity (Wildman–Crippen MR) is 76.0 cm³/mol. The van der Waals surface area contributed by atoms with E-state index in [-0.39, 0.29) is 18.9 Å². The number of ether oxygens (including phenoxy) is 1. The van der Waals surface area contributed by atoms with E-state index in [0.29, 0.717) is 17.3 Å². The summed E-state index contributed by atoms with van der Waals surface area (Å²) in [5.74, 6) is -0.666. The number of hydrogen-bond donors (Lipinski definition) is 1. The maximum atomic E-state index is 12.2. The second kappa shape index (κ2) is 7.75. The van der Waals surface area contributed by atoms with Gasteiger partial charge in [-0.1, -0.05) is 17.7 Å². The molecule has 0 saturated carbocycles. The van der Waals surface area contributed by atoms with Gasteiger partial charge in [0.2, 0.25) is 0 Å². The van der Waals surface area contributed by atoms with Crippen molar-refractivity contribution in [3.63, 3.8) is 0 Å². The SMILES string of the molecule is CCN(CCC(=O)O)C(=O)C(C)Oc1cccc(Cl)c1. The predicted octanol–water partition coefficient (Wildman–Crippen LogP) is 2.43. The second-order valence-electron chi connectivity index (χ2n) is 4.28. The van der Waals surface area contributed by atoms with Gasteiger partial charge in [-0.25, -0.2) is 0 Å². The number of carboxylic acid groups (broad SMARTS) is 1. The lowest BCUT2D eigenvalue weighted by Gasteiger charge is -2.24. The van der Waals surface area contributed by atoms with Crippen LogP contribution in [0.25, 0.3) is 0 Å².